The molecule has 0 N–H and O–H groups in total. The zero-order valence-corrected chi connectivity index (χ0v) is 21.8. The van der Waals surface area contributed by atoms with Crippen LogP contribution in [0.4, 0.5) is 70.2 Å². The van der Waals surface area contributed by atoms with Gasteiger partial charge in [0, 0.05) is 0 Å². The van der Waals surface area contributed by atoms with Gasteiger partial charge in [0.1, 0.15) is 0 Å². The molecule has 0 heterocycles. The van der Waals surface area contributed by atoms with Crippen molar-refractivity contribution in [2.75, 3.05) is 0 Å². The number of hydrogen-bond donors (Lipinski definition) is 0. The quantitative estimate of drug-likeness (QED) is 0.143. The zero-order chi connectivity index (χ0) is 32.9. The van der Waals surface area contributed by atoms with Gasteiger partial charge in [-0.05, 0) is 0 Å². The maximum absolute atomic E-state index is 16.4. The molecule has 3 rings (SSSR count). The Morgan fingerprint density at radius 1 is 0.372 bits per heavy atom. The third kappa shape index (κ3) is 4.57. The molecule has 3 aromatic rings. The molecule has 0 aliphatic rings. The average Bonchev–Trinajstić information content (AvgIpc) is 2.94. The molecule has 0 fully saturated rings. The molecule has 0 amide bonds. The predicted octanol–water partition coefficient (Wildman–Crippen LogP) is 8.38. The average molecular weight is 664 g/mol. The summed E-state index contributed by atoms with van der Waals surface area (Å²) in [7, 11) is -6.23. The van der Waals surface area contributed by atoms with Crippen molar-refractivity contribution in [3.63, 3.8) is 0 Å². The number of hydrogen-bond acceptors (Lipinski definition) is 0. The Hall–Kier alpha value is -3.03. The molecule has 0 radical (unpaired) electrons. The zero-order valence-electron chi connectivity index (χ0n) is 20.8. The Morgan fingerprint density at radius 2 is 0.628 bits per heavy atom. The first-order valence-corrected chi connectivity index (χ1v) is 13.6. The summed E-state index contributed by atoms with van der Waals surface area (Å²) in [5, 5.41) is -2.63. The second-order valence-corrected chi connectivity index (χ2v) is 13.1. The normalized spacial score (nSPS) is 15.1. The van der Waals surface area contributed by atoms with Gasteiger partial charge in [-0.25, -0.2) is 0 Å². The molecule has 0 aliphatic heterocycles. The minimum atomic E-state index is -8.47. The summed E-state index contributed by atoms with van der Waals surface area (Å²) in [6, 6.07) is 13.6. The van der Waals surface area contributed by atoms with E-state index in [4.69, 9.17) is 0 Å². The number of rotatable bonds is 11. The molecule has 0 bridgehead atoms. The molecule has 0 atom stereocenters. The van der Waals surface area contributed by atoms with E-state index in [2.05, 4.69) is 0 Å². The van der Waals surface area contributed by atoms with Crippen molar-refractivity contribution in [3.05, 3.63) is 91.0 Å². The Labute approximate surface area is 232 Å². The number of halogens is 16. The van der Waals surface area contributed by atoms with Crippen LogP contribution in [0.25, 0.3) is 0 Å². The third-order valence-corrected chi connectivity index (χ3v) is 11.6. The van der Waals surface area contributed by atoms with Gasteiger partial charge in [-0.2, -0.15) is 0 Å². The second kappa shape index (κ2) is 10.8. The van der Waals surface area contributed by atoms with Crippen LogP contribution in [0, 0.1) is 0 Å². The van der Waals surface area contributed by atoms with Crippen molar-refractivity contribution < 1.29 is 70.2 Å². The molecule has 0 aliphatic carbocycles. The monoisotopic (exact) mass is 664 g/mol. The van der Waals surface area contributed by atoms with Gasteiger partial charge in [0.2, 0.25) is 0 Å². The first-order valence-electron chi connectivity index (χ1n) is 11.6. The molecule has 0 nitrogen and oxygen atoms in total. The van der Waals surface area contributed by atoms with Crippen LogP contribution in [-0.4, -0.2) is 47.6 Å². The van der Waals surface area contributed by atoms with E-state index in [0.717, 1.165) is 91.0 Å². The van der Waals surface area contributed by atoms with E-state index < -0.39 is 70.8 Å². The van der Waals surface area contributed by atoms with Crippen molar-refractivity contribution in [3.8, 4) is 0 Å². The molecule has 17 heteroatoms. The summed E-state index contributed by atoms with van der Waals surface area (Å²) >= 11 is 0. The van der Waals surface area contributed by atoms with E-state index >= 15 is 17.6 Å². The van der Waals surface area contributed by atoms with Gasteiger partial charge >= 0.3 is 232 Å². The van der Waals surface area contributed by atoms with Crippen LogP contribution in [-0.2, 0) is 0 Å². The summed E-state index contributed by atoms with van der Waals surface area (Å²) in [5.41, 5.74) is -6.56. The number of benzene rings is 3. The molecule has 238 valence electrons. The standard InChI is InChI=1S/C26H17F16P/c27-19(28)20(29,30)21(31,32)22(33,34)23(35,36)24(37,38)25(39,40)26(41,42)43(16-10-4-1-5-11-16,17-12-6-2-7-13-17)18-14-8-3-9-15-18/h1-15,19,43H. The Balaban J connectivity index is 2.43. The summed E-state index contributed by atoms with van der Waals surface area (Å²) in [6.07, 6.45) is -5.89. The van der Waals surface area contributed by atoms with Gasteiger partial charge in [0.25, 0.3) is 0 Å². The van der Waals surface area contributed by atoms with Crippen molar-refractivity contribution in [2.24, 2.45) is 0 Å². The van der Waals surface area contributed by atoms with E-state index in [0.29, 0.717) is 0 Å². The SMILES string of the molecule is FC(F)C(F)(F)C(F)(F)C(F)(F)C(F)(F)C(F)(F)C(F)(F)C(F)(F)[PH](c1ccccc1)(c1ccccc1)c1ccccc1. The Morgan fingerprint density at radius 3 is 0.907 bits per heavy atom. The van der Waals surface area contributed by atoms with Crippen molar-refractivity contribution in [1.82, 2.24) is 0 Å². The minimum absolute atomic E-state index is 0.721. The predicted molar refractivity (Wildman–Crippen MR) is 127 cm³/mol. The van der Waals surface area contributed by atoms with Gasteiger partial charge in [0.05, 0.1) is 0 Å². The van der Waals surface area contributed by atoms with Crippen LogP contribution in [0.1, 0.15) is 0 Å². The van der Waals surface area contributed by atoms with Gasteiger partial charge in [-0.1, -0.05) is 0 Å². The number of alkyl halides is 16. The topological polar surface area (TPSA) is 0 Å². The van der Waals surface area contributed by atoms with Gasteiger partial charge in [0.15, 0.2) is 0 Å². The van der Waals surface area contributed by atoms with Crippen LogP contribution in [0.3, 0.4) is 0 Å². The van der Waals surface area contributed by atoms with Crippen molar-refractivity contribution in [1.29, 1.82) is 0 Å². The first kappa shape index (κ1) is 34.5. The molecular formula is C26H17F16P. The first-order chi connectivity index (χ1) is 19.5. The second-order valence-electron chi connectivity index (χ2n) is 9.22. The summed E-state index contributed by atoms with van der Waals surface area (Å²) < 4.78 is 230. The van der Waals surface area contributed by atoms with Crippen LogP contribution in [0.2, 0.25) is 0 Å². The fourth-order valence-corrected chi connectivity index (χ4v) is 9.27. The molecule has 0 spiro atoms. The third-order valence-electron chi connectivity index (χ3n) is 6.76. The van der Waals surface area contributed by atoms with E-state index in [1.165, 1.54) is 0 Å². The fourth-order valence-electron chi connectivity index (χ4n) is 4.48. The summed E-state index contributed by atoms with van der Waals surface area (Å²) in [4.78, 5) is 0. The van der Waals surface area contributed by atoms with Crippen LogP contribution in [0.15, 0.2) is 91.0 Å². The molecule has 0 aromatic heterocycles. The molecule has 0 saturated carbocycles. The van der Waals surface area contributed by atoms with E-state index in [1.807, 2.05) is 0 Å². The molecular weight excluding hydrogens is 647 g/mol. The molecule has 0 unspecified atom stereocenters. The van der Waals surface area contributed by atoms with Crippen LogP contribution >= 0.6 is 7.26 Å². The van der Waals surface area contributed by atoms with Gasteiger partial charge < -0.3 is 0 Å². The van der Waals surface area contributed by atoms with Crippen LogP contribution < -0.4 is 15.9 Å². The van der Waals surface area contributed by atoms with Gasteiger partial charge in [-0.3, -0.25) is 0 Å². The van der Waals surface area contributed by atoms with Gasteiger partial charge in [-0.15, -0.1) is 0 Å². The molecule has 0 saturated heterocycles. The van der Waals surface area contributed by atoms with E-state index in [-0.39, 0.29) is 0 Å². The Kier molecular flexibility index (Phi) is 8.69. The van der Waals surface area contributed by atoms with Crippen molar-refractivity contribution >= 4 is 23.2 Å². The van der Waals surface area contributed by atoms with Crippen molar-refractivity contribution in [2.45, 2.75) is 47.6 Å². The Bertz CT molecular complexity index is 1280. The fraction of sp³-hybridized carbons (Fsp3) is 0.308. The van der Waals surface area contributed by atoms with E-state index in [1.54, 1.807) is 0 Å². The van der Waals surface area contributed by atoms with Crippen LogP contribution in [0.5, 0.6) is 0 Å². The van der Waals surface area contributed by atoms with E-state index in [9.17, 15) is 52.7 Å². The molecule has 43 heavy (non-hydrogen) atoms. The maximum atomic E-state index is 16.4. The summed E-state index contributed by atoms with van der Waals surface area (Å²) in [6.45, 7) is 0. The summed E-state index contributed by atoms with van der Waals surface area (Å²) in [5.74, 6) is -48.6. The molecule has 3 aromatic carbocycles.